The van der Waals surface area contributed by atoms with E-state index in [1.807, 2.05) is 53.2 Å². The summed E-state index contributed by atoms with van der Waals surface area (Å²) in [5.41, 5.74) is 6.81. The lowest BCUT2D eigenvalue weighted by molar-refractivity contribution is 0.174. The standard InChI is InChI=1S/C36H30FN7O2/c1-23-32-33(24-11-16-30-31(21-24)46-22-45-30)43-29-10-6-5-9-28(29)38-35(36(43)39-34(32)44(40-23)27-7-3-2-4-8-27)42-19-17-41(18-20-42)26-14-12-25(37)13-15-26/h2-16,21,33H,17-20,22H2,1H3/t33-/m1/s1. The minimum Gasteiger partial charge on any atom is -0.454 e. The van der Waals surface area contributed by atoms with Crippen molar-refractivity contribution < 1.29 is 13.9 Å². The molecule has 4 aliphatic rings. The van der Waals surface area contributed by atoms with E-state index in [0.717, 1.165) is 94.7 Å². The van der Waals surface area contributed by atoms with Crippen LogP contribution in [0.25, 0.3) is 5.69 Å². The average Bonchev–Trinajstić information content (AvgIpc) is 3.71. The second-order valence-corrected chi connectivity index (χ2v) is 11.8. The number of benzene rings is 4. The summed E-state index contributed by atoms with van der Waals surface area (Å²) in [6.07, 6.45) is 0. The van der Waals surface area contributed by atoms with Gasteiger partial charge in [0, 0.05) is 37.4 Å². The summed E-state index contributed by atoms with van der Waals surface area (Å²) < 4.78 is 27.1. The van der Waals surface area contributed by atoms with Gasteiger partial charge in [-0.15, -0.1) is 0 Å². The molecular formula is C36H30FN7O2. The number of aliphatic imine (C=N–C) groups is 2. The zero-order valence-corrected chi connectivity index (χ0v) is 25.2. The molecule has 0 amide bonds. The Balaban J connectivity index is 1.20. The van der Waals surface area contributed by atoms with Gasteiger partial charge in [0.25, 0.3) is 0 Å². The molecule has 0 N–H and O–H groups in total. The zero-order chi connectivity index (χ0) is 30.8. The zero-order valence-electron chi connectivity index (χ0n) is 25.2. The van der Waals surface area contributed by atoms with Crippen LogP contribution < -0.4 is 19.3 Å². The highest BCUT2D eigenvalue weighted by Gasteiger charge is 2.43. The molecule has 9 rings (SSSR count). The largest absolute Gasteiger partial charge is 0.454 e. The summed E-state index contributed by atoms with van der Waals surface area (Å²) in [7, 11) is 0. The van der Waals surface area contributed by atoms with Crippen LogP contribution in [0.15, 0.2) is 107 Å². The molecule has 4 aliphatic heterocycles. The minimum atomic E-state index is -0.249. The maximum atomic E-state index is 13.6. The minimum absolute atomic E-state index is 0.208. The summed E-state index contributed by atoms with van der Waals surface area (Å²) >= 11 is 0. The first-order valence-electron chi connectivity index (χ1n) is 15.5. The molecule has 0 unspecified atom stereocenters. The number of rotatable bonds is 3. The second-order valence-electron chi connectivity index (χ2n) is 11.8. The number of para-hydroxylation sites is 3. The van der Waals surface area contributed by atoms with Crippen molar-refractivity contribution in [2.75, 3.05) is 42.8 Å². The van der Waals surface area contributed by atoms with Crippen molar-refractivity contribution in [3.8, 4) is 17.2 Å². The molecule has 0 spiro atoms. The number of aryl methyl sites for hydroxylation is 1. The number of ether oxygens (including phenoxy) is 2. The van der Waals surface area contributed by atoms with Gasteiger partial charge in [0.15, 0.2) is 29.0 Å². The molecule has 1 fully saturated rings. The van der Waals surface area contributed by atoms with E-state index in [9.17, 15) is 4.39 Å². The van der Waals surface area contributed by atoms with Crippen LogP contribution in [0.5, 0.6) is 11.5 Å². The molecule has 1 saturated heterocycles. The summed E-state index contributed by atoms with van der Waals surface area (Å²) in [6.45, 7) is 5.29. The first-order chi connectivity index (χ1) is 22.6. The Bertz CT molecular complexity index is 2030. The third-order valence-electron chi connectivity index (χ3n) is 9.10. The lowest BCUT2D eigenvalue weighted by atomic mass is 9.93. The van der Waals surface area contributed by atoms with E-state index in [1.165, 1.54) is 12.1 Å². The smallest absolute Gasteiger partial charge is 0.231 e. The lowest BCUT2D eigenvalue weighted by Crippen LogP contribution is -2.55. The molecule has 1 atom stereocenters. The molecule has 9 nitrogen and oxygen atoms in total. The Kier molecular flexibility index (Phi) is 6.09. The van der Waals surface area contributed by atoms with E-state index in [2.05, 4.69) is 58.0 Å². The van der Waals surface area contributed by atoms with Gasteiger partial charge < -0.3 is 24.2 Å². The van der Waals surface area contributed by atoms with Crippen LogP contribution in [0.2, 0.25) is 0 Å². The van der Waals surface area contributed by atoms with E-state index in [0.29, 0.717) is 0 Å². The second kappa shape index (κ2) is 10.5. The molecule has 228 valence electrons. The topological polar surface area (TPSA) is 70.7 Å². The van der Waals surface area contributed by atoms with Gasteiger partial charge in [-0.1, -0.05) is 36.4 Å². The van der Waals surface area contributed by atoms with Crippen molar-refractivity contribution in [3.63, 3.8) is 0 Å². The molecular weight excluding hydrogens is 581 g/mol. The van der Waals surface area contributed by atoms with E-state index in [1.54, 1.807) is 0 Å². The molecule has 10 heteroatoms. The SMILES string of the molecule is Cc1nn(-c2ccccc2)c2c1[C@@H](c1ccc3c(c1)OCO3)N1C(=N2)C(N2CCN(c3ccc(F)cc3)CC2)=Nc2ccccc21. The van der Waals surface area contributed by atoms with Gasteiger partial charge in [-0.3, -0.25) is 0 Å². The average molecular weight is 612 g/mol. The van der Waals surface area contributed by atoms with Crippen LogP contribution in [0.1, 0.15) is 22.9 Å². The summed E-state index contributed by atoms with van der Waals surface area (Å²) in [4.78, 5) is 17.6. The number of aromatic nitrogens is 2. The Labute approximate surface area is 265 Å². The molecule has 1 aromatic heterocycles. The monoisotopic (exact) mass is 611 g/mol. The normalized spacial score (nSPS) is 18.0. The molecule has 46 heavy (non-hydrogen) atoms. The highest BCUT2D eigenvalue weighted by atomic mass is 19.1. The van der Waals surface area contributed by atoms with Crippen molar-refractivity contribution in [1.82, 2.24) is 14.7 Å². The number of nitrogens with zero attached hydrogens (tertiary/aromatic N) is 7. The van der Waals surface area contributed by atoms with Gasteiger partial charge in [0.2, 0.25) is 6.79 Å². The van der Waals surface area contributed by atoms with E-state index >= 15 is 0 Å². The van der Waals surface area contributed by atoms with Crippen LogP contribution in [-0.2, 0) is 0 Å². The molecule has 5 aromatic rings. The molecule has 0 saturated carbocycles. The number of halogens is 1. The van der Waals surface area contributed by atoms with E-state index in [-0.39, 0.29) is 18.7 Å². The molecule has 0 bridgehead atoms. The summed E-state index contributed by atoms with van der Waals surface area (Å²) in [5, 5.41) is 5.05. The Hall–Kier alpha value is -5.64. The van der Waals surface area contributed by atoms with E-state index in [4.69, 9.17) is 24.6 Å². The highest BCUT2D eigenvalue weighted by Crippen LogP contribution is 2.49. The predicted molar refractivity (Wildman–Crippen MR) is 176 cm³/mol. The van der Waals surface area contributed by atoms with Crippen LogP contribution >= 0.6 is 0 Å². The molecule has 0 aliphatic carbocycles. The number of hydrogen-bond acceptors (Lipinski definition) is 8. The fourth-order valence-electron chi connectivity index (χ4n) is 6.89. The molecule has 4 aromatic carbocycles. The van der Waals surface area contributed by atoms with Crippen molar-refractivity contribution >= 4 is 34.6 Å². The fourth-order valence-corrected chi connectivity index (χ4v) is 6.89. The van der Waals surface area contributed by atoms with Gasteiger partial charge in [0.05, 0.1) is 28.8 Å². The molecule has 5 heterocycles. The Morgan fingerprint density at radius 1 is 0.717 bits per heavy atom. The van der Waals surface area contributed by atoms with Crippen molar-refractivity contribution in [2.24, 2.45) is 9.98 Å². The molecule has 0 radical (unpaired) electrons. The number of piperazine rings is 1. The van der Waals surface area contributed by atoms with Crippen molar-refractivity contribution in [3.05, 3.63) is 120 Å². The summed E-state index contributed by atoms with van der Waals surface area (Å²) in [5.74, 6) is 3.63. The fraction of sp³-hybridized carbons (Fsp3) is 0.194. The number of amidine groups is 2. The van der Waals surface area contributed by atoms with Gasteiger partial charge >= 0.3 is 0 Å². The third kappa shape index (κ3) is 4.24. The predicted octanol–water partition coefficient (Wildman–Crippen LogP) is 6.55. The van der Waals surface area contributed by atoms with Gasteiger partial charge in [0.1, 0.15) is 5.82 Å². The first-order valence-corrected chi connectivity index (χ1v) is 15.5. The van der Waals surface area contributed by atoms with Gasteiger partial charge in [-0.25, -0.2) is 19.1 Å². The lowest BCUT2D eigenvalue weighted by Gasteiger charge is -2.44. The third-order valence-corrected chi connectivity index (χ3v) is 9.10. The van der Waals surface area contributed by atoms with Crippen LogP contribution in [0.4, 0.5) is 27.3 Å². The Morgan fingerprint density at radius 3 is 2.28 bits per heavy atom. The number of anilines is 2. The maximum Gasteiger partial charge on any atom is 0.231 e. The highest BCUT2D eigenvalue weighted by molar-refractivity contribution is 6.48. The van der Waals surface area contributed by atoms with Crippen molar-refractivity contribution in [1.29, 1.82) is 0 Å². The maximum absolute atomic E-state index is 13.6. The first kappa shape index (κ1) is 26.7. The van der Waals surface area contributed by atoms with Crippen molar-refractivity contribution in [2.45, 2.75) is 13.0 Å². The Morgan fingerprint density at radius 2 is 1.46 bits per heavy atom. The van der Waals surface area contributed by atoms with Gasteiger partial charge in [-0.2, -0.15) is 5.10 Å². The van der Waals surface area contributed by atoms with Crippen LogP contribution in [-0.4, -0.2) is 59.3 Å². The number of fused-ring (bicyclic) bond motifs is 5. The summed E-state index contributed by atoms with van der Waals surface area (Å²) in [6, 6.07) is 31.0. The quantitative estimate of drug-likeness (QED) is 0.230. The van der Waals surface area contributed by atoms with Crippen LogP contribution in [0, 0.1) is 12.7 Å². The van der Waals surface area contributed by atoms with Crippen LogP contribution in [0.3, 0.4) is 0 Å². The van der Waals surface area contributed by atoms with E-state index < -0.39 is 0 Å². The number of hydrogen-bond donors (Lipinski definition) is 0. The van der Waals surface area contributed by atoms with Gasteiger partial charge in [-0.05, 0) is 73.2 Å².